The fourth-order valence-corrected chi connectivity index (χ4v) is 2.06. The van der Waals surface area contributed by atoms with Crippen molar-refractivity contribution in [1.82, 2.24) is 5.32 Å². The minimum absolute atomic E-state index is 0.0892. The topological polar surface area (TPSA) is 70.3 Å². The zero-order valence-corrected chi connectivity index (χ0v) is 12.5. The quantitative estimate of drug-likeness (QED) is 0.483. The number of aryl methyl sites for hydroxylation is 1. The van der Waals surface area contributed by atoms with Gasteiger partial charge in [0.05, 0.1) is 0 Å². The highest BCUT2D eigenvalue weighted by molar-refractivity contribution is 5.75. The summed E-state index contributed by atoms with van der Waals surface area (Å²) in [4.78, 5) is 21.9. The first-order valence-corrected chi connectivity index (χ1v) is 7.61. The molecule has 1 heterocycles. The molecule has 0 atom stereocenters. The molecule has 116 valence electrons. The van der Waals surface area contributed by atoms with E-state index in [1.807, 2.05) is 30.6 Å². The van der Waals surface area contributed by atoms with Crippen LogP contribution in [-0.4, -0.2) is 23.5 Å². The van der Waals surface area contributed by atoms with Crippen molar-refractivity contribution in [3.05, 3.63) is 30.6 Å². The van der Waals surface area contributed by atoms with Gasteiger partial charge in [0.25, 0.3) is 0 Å². The van der Waals surface area contributed by atoms with Gasteiger partial charge in [-0.1, -0.05) is 12.5 Å². The Balaban J connectivity index is 1.93. The van der Waals surface area contributed by atoms with Crippen LogP contribution in [0, 0.1) is 0 Å². The van der Waals surface area contributed by atoms with Crippen LogP contribution in [0.5, 0.6) is 0 Å². The molecule has 0 saturated carbocycles. The Labute approximate surface area is 126 Å². The number of rotatable bonds is 11. The second kappa shape index (κ2) is 10.8. The molecule has 0 bridgehead atoms. The number of nitrogens with one attached hydrogen (secondary N) is 1. The van der Waals surface area contributed by atoms with E-state index >= 15 is 0 Å². The molecule has 1 amide bonds. The Morgan fingerprint density at radius 1 is 0.905 bits per heavy atom. The molecule has 0 aliphatic carbocycles. The Bertz CT molecular complexity index is 421. The van der Waals surface area contributed by atoms with E-state index in [2.05, 4.69) is 9.88 Å². The van der Waals surface area contributed by atoms with Crippen molar-refractivity contribution in [3.8, 4) is 0 Å². The number of carbonyl (C=O) groups is 2. The van der Waals surface area contributed by atoms with Gasteiger partial charge in [-0.15, -0.1) is 0 Å². The molecule has 21 heavy (non-hydrogen) atoms. The van der Waals surface area contributed by atoms with Gasteiger partial charge in [-0.2, -0.15) is 0 Å². The first kappa shape index (κ1) is 17.1. The molecule has 2 N–H and O–H groups in total. The maximum Gasteiger partial charge on any atom is 0.303 e. The third-order valence-electron chi connectivity index (χ3n) is 3.24. The maximum absolute atomic E-state index is 11.6. The lowest BCUT2D eigenvalue weighted by Crippen LogP contribution is -2.32. The third kappa shape index (κ3) is 9.60. The van der Waals surface area contributed by atoms with E-state index in [1.54, 1.807) is 0 Å². The van der Waals surface area contributed by atoms with Gasteiger partial charge in [0.1, 0.15) is 6.54 Å². The van der Waals surface area contributed by atoms with E-state index in [9.17, 15) is 9.59 Å². The highest BCUT2D eigenvalue weighted by Crippen LogP contribution is 1.99. The molecule has 0 fully saturated rings. The molecule has 0 saturated heterocycles. The van der Waals surface area contributed by atoms with E-state index in [4.69, 9.17) is 5.11 Å². The van der Waals surface area contributed by atoms with Crippen molar-refractivity contribution >= 4 is 11.9 Å². The molecule has 1 aromatic rings. The fourth-order valence-electron chi connectivity index (χ4n) is 2.06. The lowest BCUT2D eigenvalue weighted by Gasteiger charge is -2.04. The van der Waals surface area contributed by atoms with Crippen molar-refractivity contribution in [2.24, 2.45) is 0 Å². The van der Waals surface area contributed by atoms with E-state index < -0.39 is 5.97 Å². The van der Waals surface area contributed by atoms with Gasteiger partial charge >= 0.3 is 5.97 Å². The van der Waals surface area contributed by atoms with E-state index in [1.165, 1.54) is 0 Å². The lowest BCUT2D eigenvalue weighted by atomic mass is 10.2. The summed E-state index contributed by atoms with van der Waals surface area (Å²) in [5.74, 6) is -0.665. The Hall–Kier alpha value is -1.91. The molecular weight excluding hydrogens is 268 g/mol. The predicted molar refractivity (Wildman–Crippen MR) is 79.6 cm³/mol. The van der Waals surface area contributed by atoms with Crippen LogP contribution >= 0.6 is 0 Å². The fraction of sp³-hybridized carbons (Fsp3) is 0.562. The van der Waals surface area contributed by atoms with Gasteiger partial charge in [-0.05, 0) is 19.3 Å². The zero-order valence-electron chi connectivity index (χ0n) is 12.5. The molecule has 1 aromatic heterocycles. The van der Waals surface area contributed by atoms with Crippen molar-refractivity contribution in [3.63, 3.8) is 0 Å². The molecule has 1 rings (SSSR count). The SMILES string of the molecule is O=C(O)CCCCCNC(=O)CCCC[n+]1ccccc1. The van der Waals surface area contributed by atoms with Gasteiger partial charge in [-0.25, -0.2) is 4.57 Å². The van der Waals surface area contributed by atoms with Crippen LogP contribution in [0.25, 0.3) is 0 Å². The molecule has 0 radical (unpaired) electrons. The molecule has 0 aliphatic heterocycles. The van der Waals surface area contributed by atoms with E-state index in [-0.39, 0.29) is 12.3 Å². The summed E-state index contributed by atoms with van der Waals surface area (Å²) >= 11 is 0. The lowest BCUT2D eigenvalue weighted by molar-refractivity contribution is -0.697. The summed E-state index contributed by atoms with van der Waals surface area (Å²) in [6.07, 6.45) is 9.06. The van der Waals surface area contributed by atoms with Crippen LogP contribution in [0.4, 0.5) is 0 Å². The average Bonchev–Trinajstić information content (AvgIpc) is 2.48. The predicted octanol–water partition coefficient (Wildman–Crippen LogP) is 1.91. The summed E-state index contributed by atoms with van der Waals surface area (Å²) in [5, 5.41) is 11.4. The highest BCUT2D eigenvalue weighted by Gasteiger charge is 2.03. The maximum atomic E-state index is 11.6. The second-order valence-corrected chi connectivity index (χ2v) is 5.12. The molecule has 5 nitrogen and oxygen atoms in total. The van der Waals surface area contributed by atoms with Crippen LogP contribution in [0.2, 0.25) is 0 Å². The summed E-state index contributed by atoms with van der Waals surface area (Å²) in [6.45, 7) is 1.58. The largest absolute Gasteiger partial charge is 0.481 e. The summed E-state index contributed by atoms with van der Waals surface area (Å²) in [6, 6.07) is 5.98. The molecule has 0 aromatic carbocycles. The van der Waals surface area contributed by atoms with Crippen LogP contribution < -0.4 is 9.88 Å². The van der Waals surface area contributed by atoms with E-state index in [0.717, 1.165) is 32.2 Å². The number of hydrogen-bond acceptors (Lipinski definition) is 2. The van der Waals surface area contributed by atoms with Gasteiger partial charge in [-0.3, -0.25) is 9.59 Å². The standard InChI is InChI=1S/C16H24N2O3/c19-15(17-11-5-1-3-10-16(20)21)9-4-8-14-18-12-6-2-7-13-18/h2,6-7,12-13H,1,3-5,8-11,14H2,(H-,17,19,20,21)/p+1. The molecule has 5 heteroatoms. The number of hydrogen-bond donors (Lipinski definition) is 2. The van der Waals surface area contributed by atoms with Crippen molar-refractivity contribution < 1.29 is 19.3 Å². The number of carbonyl (C=O) groups excluding carboxylic acids is 1. The van der Waals surface area contributed by atoms with Gasteiger partial charge in [0.15, 0.2) is 12.4 Å². The normalized spacial score (nSPS) is 10.3. The van der Waals surface area contributed by atoms with Crippen molar-refractivity contribution in [2.45, 2.75) is 51.5 Å². The van der Waals surface area contributed by atoms with Gasteiger partial charge < -0.3 is 10.4 Å². The first-order chi connectivity index (χ1) is 10.2. The summed E-state index contributed by atoms with van der Waals surface area (Å²) in [7, 11) is 0. The minimum atomic E-state index is -0.754. The van der Waals surface area contributed by atoms with E-state index in [0.29, 0.717) is 19.4 Å². The van der Waals surface area contributed by atoms with Crippen LogP contribution in [0.15, 0.2) is 30.6 Å². The number of aromatic nitrogens is 1. The number of carboxylic acids is 1. The van der Waals surface area contributed by atoms with Crippen LogP contribution in [0.3, 0.4) is 0 Å². The third-order valence-corrected chi connectivity index (χ3v) is 3.24. The first-order valence-electron chi connectivity index (χ1n) is 7.61. The Morgan fingerprint density at radius 3 is 2.33 bits per heavy atom. The number of amides is 1. The van der Waals surface area contributed by atoms with Crippen LogP contribution in [0.1, 0.15) is 44.9 Å². The molecule has 0 unspecified atom stereocenters. The number of aliphatic carboxylic acids is 1. The second-order valence-electron chi connectivity index (χ2n) is 5.12. The number of unbranched alkanes of at least 4 members (excludes halogenated alkanes) is 3. The van der Waals surface area contributed by atoms with Gasteiger partial charge in [0.2, 0.25) is 5.91 Å². The molecule has 0 aliphatic rings. The zero-order chi connectivity index (χ0) is 15.3. The Morgan fingerprint density at radius 2 is 1.62 bits per heavy atom. The molecule has 0 spiro atoms. The molecular formula is C16H25N2O3+. The summed E-state index contributed by atoms with van der Waals surface area (Å²) < 4.78 is 2.11. The minimum Gasteiger partial charge on any atom is -0.481 e. The van der Waals surface area contributed by atoms with Gasteiger partial charge in [0, 0.05) is 37.9 Å². The average molecular weight is 293 g/mol. The van der Waals surface area contributed by atoms with Crippen molar-refractivity contribution in [1.29, 1.82) is 0 Å². The smallest absolute Gasteiger partial charge is 0.303 e. The monoisotopic (exact) mass is 293 g/mol. The van der Waals surface area contributed by atoms with Crippen molar-refractivity contribution in [2.75, 3.05) is 6.54 Å². The van der Waals surface area contributed by atoms with Crippen LogP contribution in [-0.2, 0) is 16.1 Å². The Kier molecular flexibility index (Phi) is 8.84. The highest BCUT2D eigenvalue weighted by atomic mass is 16.4. The number of nitrogens with zero attached hydrogens (tertiary/aromatic N) is 1. The number of carboxylic acid groups (broad SMARTS) is 1. The summed E-state index contributed by atoms with van der Waals surface area (Å²) in [5.41, 5.74) is 0. The number of pyridine rings is 1.